The Bertz CT molecular complexity index is 4470. The van der Waals surface area contributed by atoms with Crippen molar-refractivity contribution in [2.24, 2.45) is 0 Å². The largest absolute Gasteiger partial charge is 0.507 e. The summed E-state index contributed by atoms with van der Waals surface area (Å²) in [7, 11) is 0. The van der Waals surface area contributed by atoms with Crippen LogP contribution in [0, 0.1) is 12.9 Å². The second-order valence-electron chi connectivity index (χ2n) is 18.8. The molecule has 4 nitrogen and oxygen atoms in total. The molecule has 0 unspecified atom stereocenters. The SMILES string of the molecule is [2H]C([2H])([2H])c1ccc(-c2ccnc(-c3[c-]c(-c4cccc5c4nc(-c4cc(C(C([2H])([2H])[2H])(C([2H])([2H])[2H])C([2H])([2H])[2H])cc(C(C([2H])([2H])[2H])(C([2H])([2H])[2H])C([2H])([2H])[2H])c4O)n5-c4ccc(-c5cc(C([2H])(C)C)cc(C([2H])(C)C)c5)cc4-c4ccccc4)cc(-c4ccccc4)c3)c2)cc1.[Pt]. The summed E-state index contributed by atoms with van der Waals surface area (Å²) >= 11 is 0. The van der Waals surface area contributed by atoms with Crippen LogP contribution in [0.25, 0.3) is 95.0 Å². The van der Waals surface area contributed by atoms with Gasteiger partial charge in [0.05, 0.1) is 22.3 Å². The van der Waals surface area contributed by atoms with Crippen molar-refractivity contribution >= 4 is 11.0 Å². The van der Waals surface area contributed by atoms with Gasteiger partial charge in [0.2, 0.25) is 0 Å². The van der Waals surface area contributed by atoms with Crippen LogP contribution in [-0.4, -0.2) is 19.6 Å². The van der Waals surface area contributed by atoms with Crippen LogP contribution in [0.2, 0.25) is 0 Å². The molecule has 0 aliphatic rings. The molecule has 0 saturated carbocycles. The molecule has 0 saturated heterocycles. The summed E-state index contributed by atoms with van der Waals surface area (Å²) in [5.74, 6) is -4.24. The molecule has 0 aliphatic carbocycles. The van der Waals surface area contributed by atoms with Gasteiger partial charge in [-0.25, -0.2) is 4.98 Å². The quantitative estimate of drug-likeness (QED) is 0.139. The van der Waals surface area contributed by atoms with E-state index in [9.17, 15) is 5.11 Å². The number of rotatable bonds is 10. The number of nitrogens with zero attached hydrogens (tertiary/aromatic N) is 3. The van der Waals surface area contributed by atoms with Crippen molar-refractivity contribution in [3.63, 3.8) is 0 Å². The Morgan fingerprint density at radius 2 is 1.16 bits per heavy atom. The number of aromatic hydroxyl groups is 1. The van der Waals surface area contributed by atoms with E-state index in [4.69, 9.17) is 41.5 Å². The fourth-order valence-electron chi connectivity index (χ4n) is 9.25. The number of hydrogen-bond acceptors (Lipinski definition) is 3. The minimum atomic E-state index is -4.23. The molecule has 8 aromatic carbocycles. The maximum atomic E-state index is 13.3. The number of phenolic OH excluding ortho intramolecular Hbond substituents is 1. The molecular weight excluding hydrogens is 1080 g/mol. The second-order valence-corrected chi connectivity index (χ2v) is 18.8. The number of imidazole rings is 1. The van der Waals surface area contributed by atoms with Gasteiger partial charge in [-0.3, -0.25) is 9.55 Å². The molecule has 0 aliphatic heterocycles. The Morgan fingerprint density at radius 3 is 1.82 bits per heavy atom. The van der Waals surface area contributed by atoms with E-state index < -0.39 is 98.8 Å². The van der Waals surface area contributed by atoms with Crippen molar-refractivity contribution in [3.8, 4) is 89.7 Å². The van der Waals surface area contributed by atoms with Gasteiger partial charge in [0.1, 0.15) is 11.6 Å². The number of aryl methyl sites for hydroxylation is 1. The van der Waals surface area contributed by atoms with Crippen LogP contribution >= 0.6 is 0 Å². The Morgan fingerprint density at radius 1 is 0.541 bits per heavy atom. The van der Waals surface area contributed by atoms with Gasteiger partial charge >= 0.3 is 0 Å². The molecule has 374 valence electrons. The first kappa shape index (κ1) is 30.3. The first-order chi connectivity index (χ1) is 44.2. The van der Waals surface area contributed by atoms with E-state index in [-0.39, 0.29) is 49.4 Å². The third-order valence-electron chi connectivity index (χ3n) is 13.1. The topological polar surface area (TPSA) is 50.9 Å². The van der Waals surface area contributed by atoms with Crippen LogP contribution in [0.5, 0.6) is 5.75 Å². The van der Waals surface area contributed by atoms with Crippen molar-refractivity contribution in [2.75, 3.05) is 0 Å². The number of pyridine rings is 1. The van der Waals surface area contributed by atoms with Gasteiger partial charge in [-0.1, -0.05) is 225 Å². The van der Waals surface area contributed by atoms with Crippen molar-refractivity contribution in [1.82, 2.24) is 14.5 Å². The minimum Gasteiger partial charge on any atom is -0.507 e. The zero-order chi connectivity index (χ0) is 70.7. The second kappa shape index (κ2) is 20.6. The Labute approximate surface area is 485 Å². The van der Waals surface area contributed by atoms with Crippen molar-refractivity contribution < 1.29 is 57.7 Å². The molecule has 74 heavy (non-hydrogen) atoms. The third-order valence-corrected chi connectivity index (χ3v) is 13.1. The summed E-state index contributed by atoms with van der Waals surface area (Å²) in [4.78, 5) is 10.00. The minimum absolute atomic E-state index is 0. The molecule has 2 aromatic heterocycles. The fourth-order valence-corrected chi connectivity index (χ4v) is 9.25. The molecule has 10 rings (SSSR count). The fraction of sp³-hybridized carbons (Fsp3) is 0.217. The van der Waals surface area contributed by atoms with Gasteiger partial charge in [0.15, 0.2) is 0 Å². The van der Waals surface area contributed by atoms with Gasteiger partial charge in [-0.15, -0.1) is 23.8 Å². The standard InChI is InChI=1S/C69H66N3O.Pt/c1-43(2)51-33-52(44(3)4)35-54(34-51)49-29-30-63(59(39-49)48-21-16-13-17-22-48)72-64-24-18-23-58(65(64)71-67(72)60-41-57(68(6,7)8)42-61(66(60)73)69(9,10)11)55-36-53(46-19-14-12-15-20-46)37-56(38-55)62-40-50(31-32-70-62)47-27-25-45(5)26-28-47;/h12-37,39-44,73H,1-11H3;/q-1;/i5D3,6D3,7D3,8D3,9D3,10D3,11D3,43D,44D;. The van der Waals surface area contributed by atoms with E-state index in [0.717, 1.165) is 5.56 Å². The van der Waals surface area contributed by atoms with Crippen LogP contribution in [0.4, 0.5) is 0 Å². The molecule has 5 heteroatoms. The predicted molar refractivity (Wildman–Crippen MR) is 308 cm³/mol. The van der Waals surface area contributed by atoms with Crippen LogP contribution in [0.15, 0.2) is 182 Å². The van der Waals surface area contributed by atoms with E-state index in [1.807, 2.05) is 54.6 Å². The van der Waals surface area contributed by atoms with Crippen LogP contribution in [0.3, 0.4) is 0 Å². The van der Waals surface area contributed by atoms with Crippen LogP contribution in [-0.2, 0) is 31.9 Å². The number of benzene rings is 8. The van der Waals surface area contributed by atoms with E-state index in [1.54, 1.807) is 131 Å². The molecule has 0 fully saturated rings. The Kier molecular flexibility index (Phi) is 8.45. The first-order valence-electron chi connectivity index (χ1n) is 35.2. The summed E-state index contributed by atoms with van der Waals surface area (Å²) < 4.78 is 204. The van der Waals surface area contributed by atoms with Gasteiger partial charge in [-0.05, 0) is 110 Å². The zero-order valence-electron chi connectivity index (χ0n) is 63.9. The average Bonchev–Trinajstić information content (AvgIpc) is 1.16. The van der Waals surface area contributed by atoms with Gasteiger partial charge < -0.3 is 5.11 Å². The van der Waals surface area contributed by atoms with E-state index in [1.165, 1.54) is 16.7 Å². The first-order valence-corrected chi connectivity index (χ1v) is 23.7. The maximum absolute atomic E-state index is 13.3. The predicted octanol–water partition coefficient (Wildman–Crippen LogP) is 18.7. The van der Waals surface area contributed by atoms with Gasteiger partial charge in [-0.2, -0.15) is 0 Å². The third kappa shape index (κ3) is 10.4. The Balaban J connectivity index is 0.0000110. The molecule has 10 aromatic rings. The Hall–Kier alpha value is -7.13. The molecule has 0 bridgehead atoms. The molecule has 0 amide bonds. The van der Waals surface area contributed by atoms with Crippen LogP contribution in [0.1, 0.15) is 140 Å². The maximum Gasteiger partial charge on any atom is 0.148 e. The molecule has 0 atom stereocenters. The molecule has 0 spiro atoms. The number of hydrogen-bond donors (Lipinski definition) is 1. The van der Waals surface area contributed by atoms with Crippen molar-refractivity contribution in [3.05, 3.63) is 216 Å². The molecule has 0 radical (unpaired) electrons. The molecular formula is C69H66N3OPt-. The summed E-state index contributed by atoms with van der Waals surface area (Å²) in [5, 5.41) is 13.3. The summed E-state index contributed by atoms with van der Waals surface area (Å²) in [6, 6.07) is 51.9. The molecule has 1 N–H and O–H groups in total. The summed E-state index contributed by atoms with van der Waals surface area (Å²) in [5.41, 5.74) is -3.99. The monoisotopic (exact) mass is 1170 g/mol. The van der Waals surface area contributed by atoms with E-state index in [2.05, 4.69) is 6.07 Å². The number of para-hydroxylation sites is 1. The summed E-state index contributed by atoms with van der Waals surface area (Å²) in [6.07, 6.45) is 1.59. The van der Waals surface area contributed by atoms with Gasteiger partial charge in [0.25, 0.3) is 0 Å². The zero-order valence-corrected chi connectivity index (χ0v) is 43.2. The normalized spacial score (nSPS) is 18.0. The molecule has 2 heterocycles. The van der Waals surface area contributed by atoms with E-state index >= 15 is 0 Å². The number of aromatic nitrogens is 3. The van der Waals surface area contributed by atoms with Crippen LogP contribution < -0.4 is 0 Å². The van der Waals surface area contributed by atoms with Crippen molar-refractivity contribution in [2.45, 2.75) is 98.3 Å². The van der Waals surface area contributed by atoms with Crippen molar-refractivity contribution in [1.29, 1.82) is 0 Å². The number of fused-ring (bicyclic) bond motifs is 1. The number of phenols is 1. The smallest absolute Gasteiger partial charge is 0.148 e. The average molecular weight is 1170 g/mol. The van der Waals surface area contributed by atoms with E-state index in [0.29, 0.717) is 78.5 Å². The summed E-state index contributed by atoms with van der Waals surface area (Å²) in [6.45, 7) is -20.5. The van der Waals surface area contributed by atoms with Gasteiger partial charge in [0, 0.05) is 75.6 Å².